The first kappa shape index (κ1) is 10.5. The molecule has 2 aromatic carbocycles. The van der Waals surface area contributed by atoms with Gasteiger partial charge in [0.25, 0.3) is 5.56 Å². The minimum atomic E-state index is -0.508. The molecule has 0 aliphatic rings. The van der Waals surface area contributed by atoms with Crippen molar-refractivity contribution in [2.24, 2.45) is 5.73 Å². The Bertz CT molecular complexity index is 834. The number of nitrogens with one attached hydrogen (secondary N) is 1. The Balaban J connectivity index is 2.50. The van der Waals surface area contributed by atoms with Crippen LogP contribution in [0.1, 0.15) is 10.4 Å². The number of carbonyl (C=O) groups excluding carboxylic acids is 1. The highest BCUT2D eigenvalue weighted by Gasteiger charge is 2.07. The van der Waals surface area contributed by atoms with Crippen molar-refractivity contribution < 1.29 is 4.79 Å². The second kappa shape index (κ2) is 3.70. The van der Waals surface area contributed by atoms with Crippen molar-refractivity contribution in [2.45, 2.75) is 0 Å². The molecule has 3 aromatic rings. The number of H-pyrrole nitrogens is 1. The van der Waals surface area contributed by atoms with Gasteiger partial charge in [-0.3, -0.25) is 9.59 Å². The van der Waals surface area contributed by atoms with E-state index in [1.807, 2.05) is 18.2 Å². The summed E-state index contributed by atoms with van der Waals surface area (Å²) in [5.74, 6) is -0.508. The number of fused-ring (bicyclic) bond motifs is 3. The Kier molecular flexibility index (Phi) is 2.16. The highest BCUT2D eigenvalue weighted by Crippen LogP contribution is 2.21. The molecule has 18 heavy (non-hydrogen) atoms. The van der Waals surface area contributed by atoms with Gasteiger partial charge < -0.3 is 10.7 Å². The first-order valence-corrected chi connectivity index (χ1v) is 5.51. The summed E-state index contributed by atoms with van der Waals surface area (Å²) in [6.45, 7) is 0. The largest absolute Gasteiger partial charge is 0.366 e. The van der Waals surface area contributed by atoms with Crippen molar-refractivity contribution in [3.63, 3.8) is 0 Å². The van der Waals surface area contributed by atoms with E-state index in [4.69, 9.17) is 5.73 Å². The number of rotatable bonds is 1. The third-order valence-corrected chi connectivity index (χ3v) is 3.01. The van der Waals surface area contributed by atoms with Crippen molar-refractivity contribution in [2.75, 3.05) is 0 Å². The molecule has 88 valence electrons. The molecule has 0 fully saturated rings. The molecule has 4 nitrogen and oxygen atoms in total. The van der Waals surface area contributed by atoms with Crippen LogP contribution in [0.4, 0.5) is 0 Å². The molecular formula is C14H10N2O2. The molecule has 3 rings (SSSR count). The molecule has 4 heteroatoms. The number of nitrogens with two attached hydrogens (primary N) is 1. The van der Waals surface area contributed by atoms with Gasteiger partial charge >= 0.3 is 0 Å². The third-order valence-electron chi connectivity index (χ3n) is 3.01. The zero-order valence-electron chi connectivity index (χ0n) is 9.44. The smallest absolute Gasteiger partial charge is 0.256 e. The lowest BCUT2D eigenvalue weighted by Crippen LogP contribution is -2.12. The Morgan fingerprint density at radius 2 is 1.72 bits per heavy atom. The molecule has 1 amide bonds. The monoisotopic (exact) mass is 238 g/mol. The summed E-state index contributed by atoms with van der Waals surface area (Å²) in [6.07, 6.45) is 0. The van der Waals surface area contributed by atoms with E-state index in [9.17, 15) is 9.59 Å². The van der Waals surface area contributed by atoms with E-state index in [1.165, 1.54) is 0 Å². The molecule has 0 aliphatic carbocycles. The van der Waals surface area contributed by atoms with Crippen LogP contribution in [-0.2, 0) is 0 Å². The average molecular weight is 238 g/mol. The molecule has 0 aliphatic heterocycles. The molecule has 3 N–H and O–H groups in total. The third kappa shape index (κ3) is 1.47. The van der Waals surface area contributed by atoms with Gasteiger partial charge in [0.2, 0.25) is 5.91 Å². The van der Waals surface area contributed by atoms with Gasteiger partial charge in [-0.15, -0.1) is 0 Å². The number of aromatic amines is 1. The summed E-state index contributed by atoms with van der Waals surface area (Å²) >= 11 is 0. The van der Waals surface area contributed by atoms with Crippen LogP contribution < -0.4 is 11.3 Å². The van der Waals surface area contributed by atoms with E-state index in [-0.39, 0.29) is 5.56 Å². The molecule has 0 saturated heterocycles. The maximum Gasteiger partial charge on any atom is 0.256 e. The van der Waals surface area contributed by atoms with Crippen LogP contribution >= 0.6 is 0 Å². The molecule has 0 atom stereocenters. The molecule has 0 saturated carbocycles. The highest BCUT2D eigenvalue weighted by atomic mass is 16.1. The number of hydrogen-bond acceptors (Lipinski definition) is 2. The van der Waals surface area contributed by atoms with Crippen molar-refractivity contribution in [1.82, 2.24) is 4.98 Å². The van der Waals surface area contributed by atoms with Crippen LogP contribution in [0.3, 0.4) is 0 Å². The number of primary amides is 1. The van der Waals surface area contributed by atoms with E-state index in [1.54, 1.807) is 24.3 Å². The van der Waals surface area contributed by atoms with Crippen LogP contribution in [0.15, 0.2) is 47.3 Å². The standard InChI is InChI=1S/C14H10N2O2/c15-13(17)8-5-6-10-9-3-1-2-4-11(9)14(18)16-12(10)7-8/h1-7H,(H2,15,17)(H,16,18). The van der Waals surface area contributed by atoms with E-state index in [0.717, 1.165) is 10.8 Å². The first-order valence-electron chi connectivity index (χ1n) is 5.51. The summed E-state index contributed by atoms with van der Waals surface area (Å²) in [5, 5.41) is 2.40. The van der Waals surface area contributed by atoms with E-state index in [2.05, 4.69) is 4.98 Å². The van der Waals surface area contributed by atoms with Gasteiger partial charge in [-0.05, 0) is 23.6 Å². The van der Waals surface area contributed by atoms with Gasteiger partial charge in [0.05, 0.1) is 0 Å². The topological polar surface area (TPSA) is 76.0 Å². The fraction of sp³-hybridized carbons (Fsp3) is 0. The summed E-state index contributed by atoms with van der Waals surface area (Å²) in [7, 11) is 0. The van der Waals surface area contributed by atoms with Crippen LogP contribution in [0.2, 0.25) is 0 Å². The van der Waals surface area contributed by atoms with E-state index in [0.29, 0.717) is 16.5 Å². The molecule has 0 spiro atoms. The quantitative estimate of drug-likeness (QED) is 0.634. The Morgan fingerprint density at radius 3 is 2.44 bits per heavy atom. The predicted octanol–water partition coefficient (Wildman–Crippen LogP) is 1.78. The van der Waals surface area contributed by atoms with Crippen molar-refractivity contribution in [1.29, 1.82) is 0 Å². The van der Waals surface area contributed by atoms with Crippen LogP contribution in [0.25, 0.3) is 21.7 Å². The van der Waals surface area contributed by atoms with Gasteiger partial charge in [-0.25, -0.2) is 0 Å². The molecule has 1 aromatic heterocycles. The Labute approximate surface area is 102 Å². The van der Waals surface area contributed by atoms with Crippen LogP contribution in [-0.4, -0.2) is 10.9 Å². The number of hydrogen-bond donors (Lipinski definition) is 2. The minimum Gasteiger partial charge on any atom is -0.366 e. The Hall–Kier alpha value is -2.62. The van der Waals surface area contributed by atoms with Gasteiger partial charge in [0.1, 0.15) is 0 Å². The minimum absolute atomic E-state index is 0.167. The molecule has 0 unspecified atom stereocenters. The summed E-state index contributed by atoms with van der Waals surface area (Å²) < 4.78 is 0. The fourth-order valence-corrected chi connectivity index (χ4v) is 2.14. The number of benzene rings is 2. The van der Waals surface area contributed by atoms with E-state index >= 15 is 0 Å². The second-order valence-corrected chi connectivity index (χ2v) is 4.12. The number of amides is 1. The lowest BCUT2D eigenvalue weighted by molar-refractivity contribution is 0.100. The predicted molar refractivity (Wildman–Crippen MR) is 70.6 cm³/mol. The molecular weight excluding hydrogens is 228 g/mol. The van der Waals surface area contributed by atoms with Gasteiger partial charge in [0, 0.05) is 21.9 Å². The summed E-state index contributed by atoms with van der Waals surface area (Å²) in [6, 6.07) is 12.4. The van der Waals surface area contributed by atoms with Gasteiger partial charge in [-0.2, -0.15) is 0 Å². The zero-order valence-corrected chi connectivity index (χ0v) is 9.44. The fourth-order valence-electron chi connectivity index (χ4n) is 2.14. The number of aromatic nitrogens is 1. The van der Waals surface area contributed by atoms with Crippen LogP contribution in [0.5, 0.6) is 0 Å². The van der Waals surface area contributed by atoms with Crippen molar-refractivity contribution in [3.8, 4) is 0 Å². The molecule has 1 heterocycles. The van der Waals surface area contributed by atoms with Crippen molar-refractivity contribution in [3.05, 3.63) is 58.4 Å². The highest BCUT2D eigenvalue weighted by molar-refractivity contribution is 6.07. The molecule has 0 bridgehead atoms. The Morgan fingerprint density at radius 1 is 1.00 bits per heavy atom. The lowest BCUT2D eigenvalue weighted by atomic mass is 10.0. The summed E-state index contributed by atoms with van der Waals surface area (Å²) in [5.41, 5.74) is 6.06. The first-order chi connectivity index (χ1) is 8.66. The normalized spacial score (nSPS) is 10.9. The second-order valence-electron chi connectivity index (χ2n) is 4.12. The van der Waals surface area contributed by atoms with Gasteiger partial charge in [-0.1, -0.05) is 24.3 Å². The maximum absolute atomic E-state index is 11.9. The maximum atomic E-state index is 11.9. The van der Waals surface area contributed by atoms with Gasteiger partial charge in [0.15, 0.2) is 0 Å². The van der Waals surface area contributed by atoms with E-state index < -0.39 is 5.91 Å². The zero-order chi connectivity index (χ0) is 12.7. The summed E-state index contributed by atoms with van der Waals surface area (Å²) in [4.78, 5) is 25.8. The molecule has 0 radical (unpaired) electrons. The lowest BCUT2D eigenvalue weighted by Gasteiger charge is -2.04. The van der Waals surface area contributed by atoms with Crippen molar-refractivity contribution >= 4 is 27.6 Å². The average Bonchev–Trinajstić information content (AvgIpc) is 2.38. The number of carbonyl (C=O) groups is 1. The SMILES string of the molecule is NC(=O)c1ccc2c(c1)[nH]c(=O)c1ccccc12. The van der Waals surface area contributed by atoms with Crippen LogP contribution in [0, 0.1) is 0 Å². The number of pyridine rings is 1.